The third kappa shape index (κ3) is 6.39. The number of para-hydroxylation sites is 1. The molecule has 3 aromatic carbocycles. The SMILES string of the molecule is CC(C)CCOc1ccccc1C(=O)Nc1ccc(OCc2ccccc2)cc1. The van der Waals surface area contributed by atoms with Crippen LogP contribution >= 0.6 is 0 Å². The summed E-state index contributed by atoms with van der Waals surface area (Å²) in [7, 11) is 0. The monoisotopic (exact) mass is 389 g/mol. The lowest BCUT2D eigenvalue weighted by atomic mass is 10.1. The predicted molar refractivity (Wildman–Crippen MR) is 117 cm³/mol. The van der Waals surface area contributed by atoms with Crippen LogP contribution in [0.4, 0.5) is 5.69 Å². The summed E-state index contributed by atoms with van der Waals surface area (Å²) in [6.07, 6.45) is 0.945. The summed E-state index contributed by atoms with van der Waals surface area (Å²) in [5.74, 6) is 1.72. The first kappa shape index (κ1) is 20.5. The van der Waals surface area contributed by atoms with Crippen LogP contribution in [-0.2, 0) is 6.61 Å². The lowest BCUT2D eigenvalue weighted by Gasteiger charge is -2.13. The summed E-state index contributed by atoms with van der Waals surface area (Å²) < 4.78 is 11.6. The van der Waals surface area contributed by atoms with Crippen molar-refractivity contribution in [2.75, 3.05) is 11.9 Å². The minimum Gasteiger partial charge on any atom is -0.493 e. The number of carbonyl (C=O) groups is 1. The number of rotatable bonds is 9. The molecule has 0 saturated heterocycles. The minimum absolute atomic E-state index is 0.192. The molecule has 0 aliphatic rings. The van der Waals surface area contributed by atoms with E-state index in [1.807, 2.05) is 72.8 Å². The van der Waals surface area contributed by atoms with Crippen molar-refractivity contribution in [3.05, 3.63) is 90.0 Å². The standard InChI is InChI=1S/C25H27NO3/c1-19(2)16-17-28-24-11-7-6-10-23(24)25(27)26-21-12-14-22(15-13-21)29-18-20-8-4-3-5-9-20/h3-15,19H,16-18H2,1-2H3,(H,26,27). The fourth-order valence-electron chi connectivity index (χ4n) is 2.76. The van der Waals surface area contributed by atoms with Crippen LogP contribution in [0, 0.1) is 5.92 Å². The number of carbonyl (C=O) groups excluding carboxylic acids is 1. The Hall–Kier alpha value is -3.27. The quantitative estimate of drug-likeness (QED) is 0.492. The van der Waals surface area contributed by atoms with Crippen LogP contribution in [-0.4, -0.2) is 12.5 Å². The fourth-order valence-corrected chi connectivity index (χ4v) is 2.76. The number of ether oxygens (including phenoxy) is 2. The highest BCUT2D eigenvalue weighted by Crippen LogP contribution is 2.22. The van der Waals surface area contributed by atoms with Gasteiger partial charge in [-0.3, -0.25) is 4.79 Å². The molecule has 0 unspecified atom stereocenters. The first-order valence-electron chi connectivity index (χ1n) is 9.92. The Bertz CT molecular complexity index is 905. The van der Waals surface area contributed by atoms with Crippen LogP contribution in [0.25, 0.3) is 0 Å². The summed E-state index contributed by atoms with van der Waals surface area (Å²) in [6.45, 7) is 5.40. The van der Waals surface area contributed by atoms with Crippen LogP contribution in [0.1, 0.15) is 36.2 Å². The van der Waals surface area contributed by atoms with Crippen molar-refractivity contribution in [3.8, 4) is 11.5 Å². The molecule has 1 amide bonds. The van der Waals surface area contributed by atoms with Gasteiger partial charge in [0.1, 0.15) is 18.1 Å². The molecule has 1 N–H and O–H groups in total. The number of hydrogen-bond donors (Lipinski definition) is 1. The lowest BCUT2D eigenvalue weighted by Crippen LogP contribution is -2.14. The average molecular weight is 389 g/mol. The van der Waals surface area contributed by atoms with E-state index in [1.54, 1.807) is 6.07 Å². The molecule has 0 bridgehead atoms. The van der Waals surface area contributed by atoms with Gasteiger partial charge in [-0.2, -0.15) is 0 Å². The molecule has 0 fully saturated rings. The fraction of sp³-hybridized carbons (Fsp3) is 0.240. The molecule has 3 rings (SSSR count). The predicted octanol–water partition coefficient (Wildman–Crippen LogP) is 5.94. The van der Waals surface area contributed by atoms with E-state index in [1.165, 1.54) is 0 Å². The van der Waals surface area contributed by atoms with Crippen LogP contribution in [0.3, 0.4) is 0 Å². The second-order valence-electron chi connectivity index (χ2n) is 7.28. The Kier molecular flexibility index (Phi) is 7.28. The minimum atomic E-state index is -0.192. The third-order valence-electron chi connectivity index (χ3n) is 4.44. The van der Waals surface area contributed by atoms with Crippen LogP contribution in [0.2, 0.25) is 0 Å². The lowest BCUT2D eigenvalue weighted by molar-refractivity contribution is 0.102. The molecule has 150 valence electrons. The van der Waals surface area contributed by atoms with Crippen LogP contribution in [0.5, 0.6) is 11.5 Å². The molecule has 0 aliphatic carbocycles. The van der Waals surface area contributed by atoms with Gasteiger partial charge in [0.15, 0.2) is 0 Å². The Morgan fingerprint density at radius 1 is 0.862 bits per heavy atom. The van der Waals surface area contributed by atoms with E-state index < -0.39 is 0 Å². The zero-order chi connectivity index (χ0) is 20.5. The molecule has 0 heterocycles. The summed E-state index contributed by atoms with van der Waals surface area (Å²) in [5.41, 5.74) is 2.35. The molecule has 29 heavy (non-hydrogen) atoms. The molecule has 0 radical (unpaired) electrons. The van der Waals surface area contributed by atoms with Crippen molar-refractivity contribution >= 4 is 11.6 Å². The molecule has 0 aliphatic heterocycles. The van der Waals surface area contributed by atoms with Crippen molar-refractivity contribution in [2.24, 2.45) is 5.92 Å². The van der Waals surface area contributed by atoms with Gasteiger partial charge in [0.05, 0.1) is 12.2 Å². The van der Waals surface area contributed by atoms with E-state index in [9.17, 15) is 4.79 Å². The van der Waals surface area contributed by atoms with Gasteiger partial charge >= 0.3 is 0 Å². The Morgan fingerprint density at radius 2 is 1.55 bits per heavy atom. The van der Waals surface area contributed by atoms with Crippen LogP contribution < -0.4 is 14.8 Å². The summed E-state index contributed by atoms with van der Waals surface area (Å²) in [5, 5.41) is 2.92. The van der Waals surface area contributed by atoms with Gasteiger partial charge in [-0.1, -0.05) is 56.3 Å². The first-order chi connectivity index (χ1) is 14.1. The van der Waals surface area contributed by atoms with E-state index in [2.05, 4.69) is 19.2 Å². The molecule has 0 saturated carbocycles. The Labute approximate surface area is 172 Å². The summed E-state index contributed by atoms with van der Waals surface area (Å²) >= 11 is 0. The zero-order valence-corrected chi connectivity index (χ0v) is 16.9. The van der Waals surface area contributed by atoms with E-state index in [-0.39, 0.29) is 5.91 Å². The van der Waals surface area contributed by atoms with E-state index >= 15 is 0 Å². The highest BCUT2D eigenvalue weighted by Gasteiger charge is 2.12. The molecule has 4 nitrogen and oxygen atoms in total. The van der Waals surface area contributed by atoms with E-state index in [0.717, 1.165) is 17.7 Å². The van der Waals surface area contributed by atoms with E-state index in [4.69, 9.17) is 9.47 Å². The largest absolute Gasteiger partial charge is 0.493 e. The van der Waals surface area contributed by atoms with Gasteiger partial charge in [0, 0.05) is 5.69 Å². The first-order valence-corrected chi connectivity index (χ1v) is 9.92. The van der Waals surface area contributed by atoms with Crippen molar-refractivity contribution in [1.82, 2.24) is 0 Å². The smallest absolute Gasteiger partial charge is 0.259 e. The van der Waals surface area contributed by atoms with Gasteiger partial charge in [-0.05, 0) is 54.3 Å². The third-order valence-corrected chi connectivity index (χ3v) is 4.44. The molecular formula is C25H27NO3. The Morgan fingerprint density at radius 3 is 2.28 bits per heavy atom. The average Bonchev–Trinajstić information content (AvgIpc) is 2.74. The number of hydrogen-bond acceptors (Lipinski definition) is 3. The zero-order valence-electron chi connectivity index (χ0n) is 16.9. The maximum absolute atomic E-state index is 12.7. The Balaban J connectivity index is 1.58. The normalized spacial score (nSPS) is 10.6. The maximum atomic E-state index is 12.7. The molecule has 0 aromatic heterocycles. The van der Waals surface area contributed by atoms with Gasteiger partial charge in [-0.25, -0.2) is 0 Å². The van der Waals surface area contributed by atoms with Crippen molar-refractivity contribution in [1.29, 1.82) is 0 Å². The maximum Gasteiger partial charge on any atom is 0.259 e. The molecule has 4 heteroatoms. The number of anilines is 1. The van der Waals surface area contributed by atoms with Gasteiger partial charge in [0.25, 0.3) is 5.91 Å². The van der Waals surface area contributed by atoms with Gasteiger partial charge < -0.3 is 14.8 Å². The van der Waals surface area contributed by atoms with Crippen molar-refractivity contribution in [3.63, 3.8) is 0 Å². The van der Waals surface area contributed by atoms with Crippen LogP contribution in [0.15, 0.2) is 78.9 Å². The number of amides is 1. The number of nitrogens with one attached hydrogen (secondary N) is 1. The molecular weight excluding hydrogens is 362 g/mol. The highest BCUT2D eigenvalue weighted by atomic mass is 16.5. The van der Waals surface area contributed by atoms with Crippen molar-refractivity contribution < 1.29 is 14.3 Å². The number of benzene rings is 3. The molecule has 0 atom stereocenters. The van der Waals surface area contributed by atoms with E-state index in [0.29, 0.717) is 36.1 Å². The van der Waals surface area contributed by atoms with Crippen molar-refractivity contribution in [2.45, 2.75) is 26.9 Å². The second-order valence-corrected chi connectivity index (χ2v) is 7.28. The molecule has 0 spiro atoms. The summed E-state index contributed by atoms with van der Waals surface area (Å²) in [6, 6.07) is 24.7. The van der Waals surface area contributed by atoms with Gasteiger partial charge in [0.2, 0.25) is 0 Å². The highest BCUT2D eigenvalue weighted by molar-refractivity contribution is 6.06. The molecule has 3 aromatic rings. The second kappa shape index (κ2) is 10.3. The van der Waals surface area contributed by atoms with Gasteiger partial charge in [-0.15, -0.1) is 0 Å². The topological polar surface area (TPSA) is 47.6 Å². The summed E-state index contributed by atoms with van der Waals surface area (Å²) in [4.78, 5) is 12.7.